The van der Waals surface area contributed by atoms with Crippen molar-refractivity contribution in [3.05, 3.63) is 76.1 Å². The van der Waals surface area contributed by atoms with Gasteiger partial charge >= 0.3 is 5.97 Å². The molecule has 0 fully saturated rings. The summed E-state index contributed by atoms with van der Waals surface area (Å²) in [5, 5.41) is 3.39. The van der Waals surface area contributed by atoms with Gasteiger partial charge in [-0.15, -0.1) is 0 Å². The fraction of sp³-hybridized carbons (Fsp3) is 0.400. The van der Waals surface area contributed by atoms with Gasteiger partial charge in [-0.25, -0.2) is 4.79 Å². The van der Waals surface area contributed by atoms with Crippen molar-refractivity contribution in [2.24, 2.45) is 0 Å². The van der Waals surface area contributed by atoms with Crippen molar-refractivity contribution < 1.29 is 28.5 Å². The first-order valence-corrected chi connectivity index (χ1v) is 12.7. The molecule has 0 spiro atoms. The average Bonchev–Trinajstić information content (AvgIpc) is 2.87. The summed E-state index contributed by atoms with van der Waals surface area (Å²) in [6.07, 6.45) is 0.713. The number of rotatable bonds is 8. The summed E-state index contributed by atoms with van der Waals surface area (Å²) in [5.74, 6) is 0.961. The van der Waals surface area contributed by atoms with Crippen LogP contribution >= 0.6 is 0 Å². The smallest absolute Gasteiger partial charge is 0.337 e. The molecule has 1 N–H and O–H groups in total. The maximum atomic E-state index is 13.8. The SMILES string of the molecule is CCOc1ccc([C@H]2C(C(=O)OC(C)C)=C(C)NC3=C2C(=O)C[C@@H](c2ccc(OC)cc2)C3)cc1OC. The number of methoxy groups -OCH3 is 2. The molecule has 2 aromatic rings. The van der Waals surface area contributed by atoms with Crippen molar-refractivity contribution in [3.8, 4) is 17.2 Å². The number of allylic oxidation sites excluding steroid dienone is 3. The van der Waals surface area contributed by atoms with Crippen LogP contribution in [0.25, 0.3) is 0 Å². The van der Waals surface area contributed by atoms with Crippen LogP contribution in [-0.4, -0.2) is 38.7 Å². The van der Waals surface area contributed by atoms with Crippen molar-refractivity contribution in [1.82, 2.24) is 5.32 Å². The Morgan fingerprint density at radius 2 is 1.70 bits per heavy atom. The first-order valence-electron chi connectivity index (χ1n) is 12.7. The van der Waals surface area contributed by atoms with Gasteiger partial charge in [0, 0.05) is 29.3 Å². The van der Waals surface area contributed by atoms with Crippen molar-refractivity contribution in [1.29, 1.82) is 0 Å². The third-order valence-electron chi connectivity index (χ3n) is 6.80. The van der Waals surface area contributed by atoms with E-state index in [1.807, 2.05) is 70.2 Å². The standard InChI is InChI=1S/C30H35NO6/c1-7-36-25-13-10-20(16-26(25)35-6)28-27(30(33)37-17(2)3)18(4)31-23-14-21(15-24(32)29(23)28)19-8-11-22(34-5)12-9-19/h8-13,16-17,21,28,31H,7,14-15H2,1-6H3/t21-,28-/m0/s1. The van der Waals surface area contributed by atoms with Crippen LogP contribution in [-0.2, 0) is 14.3 Å². The Labute approximate surface area is 218 Å². The van der Waals surface area contributed by atoms with Gasteiger partial charge in [0.05, 0.1) is 32.5 Å². The van der Waals surface area contributed by atoms with Gasteiger partial charge in [0.1, 0.15) is 5.75 Å². The molecular weight excluding hydrogens is 470 g/mol. The van der Waals surface area contributed by atoms with Gasteiger partial charge in [0.15, 0.2) is 17.3 Å². The van der Waals surface area contributed by atoms with E-state index < -0.39 is 11.9 Å². The number of carbonyl (C=O) groups excluding carboxylic acids is 2. The molecule has 2 aromatic carbocycles. The second-order valence-corrected chi connectivity index (χ2v) is 9.59. The van der Waals surface area contributed by atoms with E-state index in [0.717, 1.165) is 22.6 Å². The van der Waals surface area contributed by atoms with Crippen LogP contribution in [0.4, 0.5) is 0 Å². The van der Waals surface area contributed by atoms with Gasteiger partial charge in [-0.3, -0.25) is 4.79 Å². The van der Waals surface area contributed by atoms with Gasteiger partial charge in [-0.05, 0) is 75.4 Å². The third-order valence-corrected chi connectivity index (χ3v) is 6.80. The van der Waals surface area contributed by atoms with E-state index in [-0.39, 0.29) is 17.8 Å². The van der Waals surface area contributed by atoms with Gasteiger partial charge in [0.2, 0.25) is 0 Å². The highest BCUT2D eigenvalue weighted by Gasteiger charge is 2.41. The van der Waals surface area contributed by atoms with Crippen LogP contribution in [0.2, 0.25) is 0 Å². The molecule has 1 aliphatic carbocycles. The Kier molecular flexibility index (Phi) is 7.91. The zero-order valence-corrected chi connectivity index (χ0v) is 22.3. The number of hydrogen-bond donors (Lipinski definition) is 1. The molecule has 2 atom stereocenters. The Balaban J connectivity index is 1.80. The molecule has 0 saturated carbocycles. The molecule has 7 nitrogen and oxygen atoms in total. The zero-order chi connectivity index (χ0) is 26.7. The summed E-state index contributed by atoms with van der Waals surface area (Å²) in [6, 6.07) is 13.4. The van der Waals surface area contributed by atoms with E-state index in [0.29, 0.717) is 47.8 Å². The third kappa shape index (κ3) is 5.36. The van der Waals surface area contributed by atoms with E-state index in [1.165, 1.54) is 0 Å². The van der Waals surface area contributed by atoms with Gasteiger partial charge in [-0.2, -0.15) is 0 Å². The molecule has 0 amide bonds. The van der Waals surface area contributed by atoms with Crippen LogP contribution in [0.3, 0.4) is 0 Å². The molecule has 196 valence electrons. The second kappa shape index (κ2) is 11.1. The highest BCUT2D eigenvalue weighted by molar-refractivity contribution is 6.04. The number of Topliss-reactive ketones (excluding diaryl/α,β-unsaturated/α-hetero) is 1. The molecule has 4 rings (SSSR count). The van der Waals surface area contributed by atoms with Crippen LogP contribution < -0.4 is 19.5 Å². The molecule has 1 aliphatic heterocycles. The second-order valence-electron chi connectivity index (χ2n) is 9.59. The maximum Gasteiger partial charge on any atom is 0.337 e. The molecule has 0 bridgehead atoms. The van der Waals surface area contributed by atoms with Crippen LogP contribution in [0.5, 0.6) is 17.2 Å². The Bertz CT molecular complexity index is 1240. The van der Waals surface area contributed by atoms with Crippen molar-refractivity contribution in [2.45, 2.75) is 58.5 Å². The number of ketones is 1. The van der Waals surface area contributed by atoms with E-state index in [9.17, 15) is 9.59 Å². The summed E-state index contributed by atoms with van der Waals surface area (Å²) < 4.78 is 22.2. The molecule has 0 saturated heterocycles. The lowest BCUT2D eigenvalue weighted by Gasteiger charge is -2.37. The lowest BCUT2D eigenvalue weighted by atomic mass is 9.71. The summed E-state index contributed by atoms with van der Waals surface area (Å²) in [5.41, 5.74) is 4.43. The fourth-order valence-corrected chi connectivity index (χ4v) is 5.17. The molecule has 0 radical (unpaired) electrons. The number of benzene rings is 2. The molecule has 37 heavy (non-hydrogen) atoms. The van der Waals surface area contributed by atoms with Crippen molar-refractivity contribution in [3.63, 3.8) is 0 Å². The lowest BCUT2D eigenvalue weighted by Crippen LogP contribution is -2.36. The van der Waals surface area contributed by atoms with Gasteiger partial charge in [-0.1, -0.05) is 18.2 Å². The first kappa shape index (κ1) is 26.3. The minimum Gasteiger partial charge on any atom is -0.497 e. The highest BCUT2D eigenvalue weighted by Crippen LogP contribution is 2.47. The quantitative estimate of drug-likeness (QED) is 0.480. The molecule has 7 heteroatoms. The number of nitrogens with one attached hydrogen (secondary N) is 1. The average molecular weight is 506 g/mol. The Hall–Kier alpha value is -3.74. The molecule has 0 unspecified atom stereocenters. The topological polar surface area (TPSA) is 83.1 Å². The van der Waals surface area contributed by atoms with E-state index >= 15 is 0 Å². The van der Waals surface area contributed by atoms with Crippen LogP contribution in [0.1, 0.15) is 63.5 Å². The largest absolute Gasteiger partial charge is 0.497 e. The van der Waals surface area contributed by atoms with Crippen LogP contribution in [0, 0.1) is 0 Å². The maximum absolute atomic E-state index is 13.8. The zero-order valence-electron chi connectivity index (χ0n) is 22.3. The Morgan fingerprint density at radius 1 is 1.00 bits per heavy atom. The molecular formula is C30H35NO6. The van der Waals surface area contributed by atoms with Crippen molar-refractivity contribution in [2.75, 3.05) is 20.8 Å². The predicted octanol–water partition coefficient (Wildman–Crippen LogP) is 5.42. The lowest BCUT2D eigenvalue weighted by molar-refractivity contribution is -0.143. The van der Waals surface area contributed by atoms with E-state index in [1.54, 1.807) is 14.2 Å². The number of hydrogen-bond acceptors (Lipinski definition) is 7. The fourth-order valence-electron chi connectivity index (χ4n) is 5.17. The molecule has 2 aliphatic rings. The van der Waals surface area contributed by atoms with Gasteiger partial charge < -0.3 is 24.3 Å². The molecule has 0 aromatic heterocycles. The number of carbonyl (C=O) groups is 2. The monoisotopic (exact) mass is 505 g/mol. The first-order chi connectivity index (χ1) is 17.8. The summed E-state index contributed by atoms with van der Waals surface area (Å²) in [7, 11) is 3.21. The van der Waals surface area contributed by atoms with Crippen molar-refractivity contribution >= 4 is 11.8 Å². The van der Waals surface area contributed by atoms with E-state index in [2.05, 4.69) is 5.32 Å². The van der Waals surface area contributed by atoms with Crippen LogP contribution in [0.15, 0.2) is 65.0 Å². The normalized spacial score (nSPS) is 19.4. The number of dihydropyridines is 1. The number of ether oxygens (including phenoxy) is 4. The summed E-state index contributed by atoms with van der Waals surface area (Å²) >= 11 is 0. The number of esters is 1. The summed E-state index contributed by atoms with van der Waals surface area (Å²) in [4.78, 5) is 27.1. The minimum absolute atomic E-state index is 0.00904. The highest BCUT2D eigenvalue weighted by atomic mass is 16.5. The van der Waals surface area contributed by atoms with Gasteiger partial charge in [0.25, 0.3) is 0 Å². The van der Waals surface area contributed by atoms with E-state index in [4.69, 9.17) is 18.9 Å². The Morgan fingerprint density at radius 3 is 2.32 bits per heavy atom. The minimum atomic E-state index is -0.573. The predicted molar refractivity (Wildman–Crippen MR) is 141 cm³/mol. The molecule has 1 heterocycles. The summed E-state index contributed by atoms with van der Waals surface area (Å²) in [6.45, 7) is 7.89.